The van der Waals surface area contributed by atoms with Gasteiger partial charge in [-0.25, -0.2) is 15.0 Å². The summed E-state index contributed by atoms with van der Waals surface area (Å²) in [5, 5.41) is 25.4. The average Bonchev–Trinajstić information content (AvgIpc) is 3.84. The molecule has 3 heterocycles. The van der Waals surface area contributed by atoms with E-state index in [1.165, 1.54) is 0 Å². The van der Waals surface area contributed by atoms with Crippen LogP contribution in [-0.4, -0.2) is 24.1 Å². The molecule has 0 amide bonds. The zero-order valence-electron chi connectivity index (χ0n) is 32.0. The van der Waals surface area contributed by atoms with Crippen molar-refractivity contribution >= 4 is 43.6 Å². The molecule has 0 aliphatic heterocycles. The van der Waals surface area contributed by atoms with Gasteiger partial charge in [0.25, 0.3) is 0 Å². The summed E-state index contributed by atoms with van der Waals surface area (Å²) in [6.07, 6.45) is 0. The smallest absolute Gasteiger partial charge is 0.165 e. The lowest BCUT2D eigenvalue weighted by Crippen LogP contribution is -2.03. The van der Waals surface area contributed by atoms with Crippen LogP contribution in [0.15, 0.2) is 188 Å². The number of benzene rings is 8. The maximum Gasteiger partial charge on any atom is 0.165 e. The van der Waals surface area contributed by atoms with E-state index in [4.69, 9.17) is 15.0 Å². The largest absolute Gasteiger partial charge is 0.309 e. The Hall–Kier alpha value is -8.65. The quantitative estimate of drug-likeness (QED) is 0.168. The molecule has 0 fully saturated rings. The van der Waals surface area contributed by atoms with E-state index < -0.39 is 0 Å². The minimum absolute atomic E-state index is 0.382. The summed E-state index contributed by atoms with van der Waals surface area (Å²) in [6, 6.07) is 67.9. The molecule has 0 N–H and O–H groups in total. The first-order valence-electron chi connectivity index (χ1n) is 19.6. The summed E-state index contributed by atoms with van der Waals surface area (Å²) in [5.41, 5.74) is 11.0. The Morgan fingerprint density at radius 3 is 1.37 bits per heavy atom. The highest BCUT2D eigenvalue weighted by molar-refractivity contribution is 6.10. The molecular formula is C53H31N7. The van der Waals surface area contributed by atoms with E-state index in [2.05, 4.69) is 124 Å². The standard InChI is InChI=1S/C53H31N7/c54-32-34-13-12-16-36(29-34)46-31-39(60-49-23-10-6-19-43(49)44-20-7-11-24-50(44)60)26-28-45(46)53-57-51(35-14-2-1-3-15-35)56-52(58-53)40-27-25-38(30-37(40)33-55)59-47-21-8-4-17-41(47)42-18-5-9-22-48(42)59/h1-31H. The molecule has 60 heavy (non-hydrogen) atoms. The van der Waals surface area contributed by atoms with Crippen LogP contribution in [0.25, 0.3) is 100 Å². The van der Waals surface area contributed by atoms with Crippen LogP contribution in [0, 0.1) is 22.7 Å². The highest BCUT2D eigenvalue weighted by atomic mass is 15.0. The van der Waals surface area contributed by atoms with Gasteiger partial charge in [0.2, 0.25) is 0 Å². The van der Waals surface area contributed by atoms with Crippen LogP contribution in [0.2, 0.25) is 0 Å². The number of rotatable bonds is 6. The number of aromatic nitrogens is 5. The second-order valence-corrected chi connectivity index (χ2v) is 14.7. The van der Waals surface area contributed by atoms with E-state index in [0.29, 0.717) is 34.2 Å². The fraction of sp³-hybridized carbons (Fsp3) is 0. The molecular weight excluding hydrogens is 735 g/mol. The number of para-hydroxylation sites is 4. The Kier molecular flexibility index (Phi) is 8.11. The van der Waals surface area contributed by atoms with E-state index in [1.54, 1.807) is 6.07 Å². The number of nitrogens with zero attached hydrogens (tertiary/aromatic N) is 7. The number of fused-ring (bicyclic) bond motifs is 6. The van der Waals surface area contributed by atoms with Crippen molar-refractivity contribution in [2.75, 3.05) is 0 Å². The predicted molar refractivity (Wildman–Crippen MR) is 240 cm³/mol. The second kappa shape index (κ2) is 14.1. The maximum absolute atomic E-state index is 10.8. The number of nitriles is 2. The molecule has 11 aromatic rings. The third kappa shape index (κ3) is 5.61. The second-order valence-electron chi connectivity index (χ2n) is 14.7. The van der Waals surface area contributed by atoms with Crippen LogP contribution in [0.1, 0.15) is 11.1 Å². The van der Waals surface area contributed by atoms with E-state index >= 15 is 0 Å². The van der Waals surface area contributed by atoms with Crippen LogP contribution >= 0.6 is 0 Å². The number of hydrogen-bond donors (Lipinski definition) is 0. The van der Waals surface area contributed by atoms with Crippen molar-refractivity contribution in [3.05, 3.63) is 199 Å². The Bertz CT molecular complexity index is 3480. The molecule has 0 aliphatic rings. The Balaban J connectivity index is 1.13. The molecule has 0 bridgehead atoms. The van der Waals surface area contributed by atoms with E-state index in [1.807, 2.05) is 78.9 Å². The van der Waals surface area contributed by atoms with Crippen LogP contribution in [0.4, 0.5) is 0 Å². The first-order valence-corrected chi connectivity index (χ1v) is 19.6. The molecule has 0 saturated heterocycles. The minimum atomic E-state index is 0.382. The normalized spacial score (nSPS) is 11.3. The summed E-state index contributed by atoms with van der Waals surface area (Å²) < 4.78 is 4.47. The summed E-state index contributed by atoms with van der Waals surface area (Å²) in [6.45, 7) is 0. The van der Waals surface area contributed by atoms with E-state index in [0.717, 1.165) is 77.2 Å². The van der Waals surface area contributed by atoms with Crippen LogP contribution in [-0.2, 0) is 0 Å². The molecule has 0 unspecified atom stereocenters. The van der Waals surface area contributed by atoms with Gasteiger partial charge in [0.1, 0.15) is 0 Å². The third-order valence-corrected chi connectivity index (χ3v) is 11.3. The van der Waals surface area contributed by atoms with Crippen molar-refractivity contribution in [1.29, 1.82) is 10.5 Å². The third-order valence-electron chi connectivity index (χ3n) is 11.3. The van der Waals surface area contributed by atoms with Gasteiger partial charge in [-0.2, -0.15) is 10.5 Å². The zero-order valence-corrected chi connectivity index (χ0v) is 32.0. The Morgan fingerprint density at radius 1 is 0.350 bits per heavy atom. The molecule has 3 aromatic heterocycles. The summed E-state index contributed by atoms with van der Waals surface area (Å²) >= 11 is 0. The first-order chi connectivity index (χ1) is 29.7. The van der Waals surface area contributed by atoms with E-state index in [9.17, 15) is 10.5 Å². The van der Waals surface area contributed by atoms with Gasteiger partial charge in [-0.05, 0) is 83.9 Å². The van der Waals surface area contributed by atoms with Crippen LogP contribution in [0.3, 0.4) is 0 Å². The molecule has 0 spiro atoms. The molecule has 0 saturated carbocycles. The minimum Gasteiger partial charge on any atom is -0.309 e. The molecule has 7 heteroatoms. The Labute approximate surface area is 345 Å². The van der Waals surface area contributed by atoms with Crippen molar-refractivity contribution < 1.29 is 0 Å². The fourth-order valence-electron chi connectivity index (χ4n) is 8.55. The van der Waals surface area contributed by atoms with Crippen molar-refractivity contribution in [3.8, 4) is 68.8 Å². The summed E-state index contributed by atoms with van der Waals surface area (Å²) in [7, 11) is 0. The zero-order chi connectivity index (χ0) is 40.2. The molecule has 8 aromatic carbocycles. The molecule has 0 radical (unpaired) electrons. The predicted octanol–water partition coefficient (Wildman–Crippen LogP) is 12.5. The fourth-order valence-corrected chi connectivity index (χ4v) is 8.55. The van der Waals surface area contributed by atoms with Crippen LogP contribution < -0.4 is 0 Å². The molecule has 0 atom stereocenters. The number of hydrogen-bond acceptors (Lipinski definition) is 5. The highest BCUT2D eigenvalue weighted by Gasteiger charge is 2.21. The van der Waals surface area contributed by atoms with Gasteiger partial charge in [0, 0.05) is 49.6 Å². The monoisotopic (exact) mass is 765 g/mol. The van der Waals surface area contributed by atoms with Gasteiger partial charge >= 0.3 is 0 Å². The lowest BCUT2D eigenvalue weighted by Gasteiger charge is -2.16. The molecule has 7 nitrogen and oxygen atoms in total. The van der Waals surface area contributed by atoms with Gasteiger partial charge in [0.05, 0.1) is 45.3 Å². The molecule has 0 aliphatic carbocycles. The van der Waals surface area contributed by atoms with Gasteiger partial charge in [0.15, 0.2) is 17.5 Å². The van der Waals surface area contributed by atoms with Gasteiger partial charge in [-0.3, -0.25) is 0 Å². The van der Waals surface area contributed by atoms with Gasteiger partial charge < -0.3 is 9.13 Å². The molecule has 278 valence electrons. The van der Waals surface area contributed by atoms with Gasteiger partial charge in [-0.1, -0.05) is 115 Å². The van der Waals surface area contributed by atoms with Gasteiger partial charge in [-0.15, -0.1) is 0 Å². The van der Waals surface area contributed by atoms with E-state index in [-0.39, 0.29) is 0 Å². The topological polar surface area (TPSA) is 96.1 Å². The molecule has 11 rings (SSSR count). The van der Waals surface area contributed by atoms with Crippen molar-refractivity contribution in [1.82, 2.24) is 24.1 Å². The van der Waals surface area contributed by atoms with Crippen molar-refractivity contribution in [3.63, 3.8) is 0 Å². The van der Waals surface area contributed by atoms with Crippen molar-refractivity contribution in [2.24, 2.45) is 0 Å². The lowest BCUT2D eigenvalue weighted by atomic mass is 9.96. The first kappa shape index (κ1) is 34.6. The highest BCUT2D eigenvalue weighted by Crippen LogP contribution is 2.39. The van der Waals surface area contributed by atoms with Crippen LogP contribution in [0.5, 0.6) is 0 Å². The lowest BCUT2D eigenvalue weighted by molar-refractivity contribution is 1.07. The Morgan fingerprint density at radius 2 is 0.817 bits per heavy atom. The average molecular weight is 766 g/mol. The summed E-state index contributed by atoms with van der Waals surface area (Å²) in [4.78, 5) is 15.3. The van der Waals surface area contributed by atoms with Crippen molar-refractivity contribution in [2.45, 2.75) is 0 Å². The SMILES string of the molecule is N#Cc1cccc(-c2cc(-n3c4ccccc4c4ccccc43)ccc2-c2nc(-c3ccccc3)nc(-c3ccc(-n4c5ccccc5c5ccccc54)cc3C#N)n2)c1. The summed E-state index contributed by atoms with van der Waals surface area (Å²) in [5.74, 6) is 1.31. The maximum atomic E-state index is 10.8.